The molecule has 0 fully saturated rings. The summed E-state index contributed by atoms with van der Waals surface area (Å²) in [5.41, 5.74) is 9.77. The summed E-state index contributed by atoms with van der Waals surface area (Å²) in [7, 11) is 0. The van der Waals surface area contributed by atoms with Crippen LogP contribution in [0.1, 0.15) is 37.7 Å². The number of hydrogen-bond donors (Lipinski definition) is 1. The molecule has 4 heteroatoms. The minimum atomic E-state index is 0.0384. The molecule has 2 N–H and O–H groups in total. The Morgan fingerprint density at radius 3 is 2.80 bits per heavy atom. The van der Waals surface area contributed by atoms with Crippen molar-refractivity contribution in [2.75, 3.05) is 5.75 Å². The molecule has 0 aromatic carbocycles. The summed E-state index contributed by atoms with van der Waals surface area (Å²) in [5.74, 6) is 2.27. The minimum Gasteiger partial charge on any atom is -0.325 e. The molecule has 0 saturated heterocycles. The van der Waals surface area contributed by atoms with Gasteiger partial charge in [0.15, 0.2) is 0 Å². The molecule has 0 radical (unpaired) electrons. The van der Waals surface area contributed by atoms with Crippen molar-refractivity contribution in [2.45, 2.75) is 45.0 Å². The van der Waals surface area contributed by atoms with Crippen LogP contribution >= 0.6 is 11.8 Å². The molecule has 3 nitrogen and oxygen atoms in total. The summed E-state index contributed by atoms with van der Waals surface area (Å²) < 4.78 is 2.11. The Balaban J connectivity index is 2.51. The van der Waals surface area contributed by atoms with Gasteiger partial charge >= 0.3 is 0 Å². The zero-order chi connectivity index (χ0) is 11.1. The van der Waals surface area contributed by atoms with Gasteiger partial charge < -0.3 is 5.73 Å². The van der Waals surface area contributed by atoms with E-state index in [1.807, 2.05) is 11.8 Å². The van der Waals surface area contributed by atoms with Gasteiger partial charge in [0.2, 0.25) is 0 Å². The maximum absolute atomic E-state index is 5.85. The molecule has 0 aliphatic carbocycles. The standard InChI is InChI=1S/C11H19N3S/c1-11(2,3)14-10(6-12)8-7-15-5-4-9(8)13-14/h4-7,12H2,1-3H3. The molecule has 84 valence electrons. The van der Waals surface area contributed by atoms with E-state index in [9.17, 15) is 0 Å². The van der Waals surface area contributed by atoms with Gasteiger partial charge in [-0.2, -0.15) is 16.9 Å². The van der Waals surface area contributed by atoms with Crippen molar-refractivity contribution in [2.24, 2.45) is 5.73 Å². The van der Waals surface area contributed by atoms with Gasteiger partial charge in [-0.3, -0.25) is 4.68 Å². The molecular formula is C11H19N3S. The third kappa shape index (κ3) is 1.93. The second kappa shape index (κ2) is 3.83. The highest BCUT2D eigenvalue weighted by Crippen LogP contribution is 2.29. The van der Waals surface area contributed by atoms with E-state index in [0.717, 1.165) is 12.2 Å². The zero-order valence-corrected chi connectivity index (χ0v) is 10.5. The second-order valence-corrected chi connectivity index (χ2v) is 6.07. The number of hydrogen-bond acceptors (Lipinski definition) is 3. The third-order valence-electron chi connectivity index (χ3n) is 2.73. The van der Waals surface area contributed by atoms with E-state index >= 15 is 0 Å². The molecule has 0 saturated carbocycles. The Morgan fingerprint density at radius 1 is 1.47 bits per heavy atom. The average molecular weight is 225 g/mol. The minimum absolute atomic E-state index is 0.0384. The van der Waals surface area contributed by atoms with Gasteiger partial charge in [0.1, 0.15) is 0 Å². The van der Waals surface area contributed by atoms with Crippen LogP contribution in [0.3, 0.4) is 0 Å². The average Bonchev–Trinajstić information content (AvgIpc) is 2.55. The molecule has 1 aromatic rings. The SMILES string of the molecule is CC(C)(C)n1nc2c(c1CN)CSCC2. The largest absolute Gasteiger partial charge is 0.325 e. The predicted octanol–water partition coefficient (Wildman–Crippen LogP) is 1.89. The topological polar surface area (TPSA) is 43.8 Å². The first kappa shape index (κ1) is 11.0. The summed E-state index contributed by atoms with van der Waals surface area (Å²) >= 11 is 1.98. The van der Waals surface area contributed by atoms with Crippen molar-refractivity contribution >= 4 is 11.8 Å². The first-order valence-electron chi connectivity index (χ1n) is 5.42. The van der Waals surface area contributed by atoms with Crippen LogP contribution in [0, 0.1) is 0 Å². The summed E-state index contributed by atoms with van der Waals surface area (Å²) in [6.45, 7) is 7.13. The van der Waals surface area contributed by atoms with Crippen molar-refractivity contribution in [3.05, 3.63) is 17.0 Å². The number of rotatable bonds is 1. The fraction of sp³-hybridized carbons (Fsp3) is 0.727. The molecule has 2 heterocycles. The van der Waals surface area contributed by atoms with Crippen LogP contribution in [0.15, 0.2) is 0 Å². The fourth-order valence-corrected chi connectivity index (χ4v) is 3.03. The molecule has 1 aromatic heterocycles. The third-order valence-corrected chi connectivity index (χ3v) is 3.72. The van der Waals surface area contributed by atoms with E-state index < -0.39 is 0 Å². The Hall–Kier alpha value is -0.480. The normalized spacial score (nSPS) is 16.5. The van der Waals surface area contributed by atoms with Crippen LogP contribution in [0.2, 0.25) is 0 Å². The Labute approximate surface area is 95.4 Å². The van der Waals surface area contributed by atoms with E-state index in [-0.39, 0.29) is 5.54 Å². The molecule has 1 aliphatic heterocycles. The van der Waals surface area contributed by atoms with Crippen molar-refractivity contribution < 1.29 is 0 Å². The van der Waals surface area contributed by atoms with Crippen LogP contribution in [0.4, 0.5) is 0 Å². The summed E-state index contributed by atoms with van der Waals surface area (Å²) in [5, 5.41) is 4.72. The first-order valence-corrected chi connectivity index (χ1v) is 6.57. The van der Waals surface area contributed by atoms with Gasteiger partial charge in [-0.25, -0.2) is 0 Å². The van der Waals surface area contributed by atoms with Crippen LogP contribution in [-0.4, -0.2) is 15.5 Å². The number of nitrogens with zero attached hydrogens (tertiary/aromatic N) is 2. The van der Waals surface area contributed by atoms with Crippen LogP contribution in [-0.2, 0) is 24.3 Å². The lowest BCUT2D eigenvalue weighted by Gasteiger charge is -2.22. The van der Waals surface area contributed by atoms with Crippen LogP contribution in [0.5, 0.6) is 0 Å². The summed E-state index contributed by atoms with van der Waals surface area (Å²) in [6, 6.07) is 0. The first-order chi connectivity index (χ1) is 7.04. The van der Waals surface area contributed by atoms with Crippen molar-refractivity contribution in [1.29, 1.82) is 0 Å². The van der Waals surface area contributed by atoms with E-state index in [1.54, 1.807) is 0 Å². The van der Waals surface area contributed by atoms with Gasteiger partial charge in [-0.1, -0.05) is 0 Å². The monoisotopic (exact) mass is 225 g/mol. The highest BCUT2D eigenvalue weighted by atomic mass is 32.2. The molecular weight excluding hydrogens is 206 g/mol. The molecule has 15 heavy (non-hydrogen) atoms. The summed E-state index contributed by atoms with van der Waals surface area (Å²) in [6.07, 6.45) is 1.09. The molecule has 0 unspecified atom stereocenters. The predicted molar refractivity (Wildman–Crippen MR) is 65.0 cm³/mol. The second-order valence-electron chi connectivity index (χ2n) is 4.96. The molecule has 2 rings (SSSR count). The highest BCUT2D eigenvalue weighted by molar-refractivity contribution is 7.98. The van der Waals surface area contributed by atoms with E-state index in [1.165, 1.54) is 22.7 Å². The van der Waals surface area contributed by atoms with Crippen LogP contribution in [0.25, 0.3) is 0 Å². The Bertz CT molecular complexity index is 363. The number of aromatic nitrogens is 2. The number of fused-ring (bicyclic) bond motifs is 1. The van der Waals surface area contributed by atoms with Gasteiger partial charge in [0.05, 0.1) is 16.9 Å². The van der Waals surface area contributed by atoms with E-state index in [4.69, 9.17) is 10.8 Å². The van der Waals surface area contributed by atoms with Gasteiger partial charge in [-0.05, 0) is 26.5 Å². The van der Waals surface area contributed by atoms with Crippen LogP contribution < -0.4 is 5.73 Å². The van der Waals surface area contributed by atoms with Crippen molar-refractivity contribution in [3.8, 4) is 0 Å². The molecule has 0 bridgehead atoms. The lowest BCUT2D eigenvalue weighted by atomic mass is 10.1. The number of thioether (sulfide) groups is 1. The molecule has 0 atom stereocenters. The maximum Gasteiger partial charge on any atom is 0.0676 e. The van der Waals surface area contributed by atoms with Crippen molar-refractivity contribution in [1.82, 2.24) is 9.78 Å². The Kier molecular flexibility index (Phi) is 2.81. The summed E-state index contributed by atoms with van der Waals surface area (Å²) in [4.78, 5) is 0. The van der Waals surface area contributed by atoms with Gasteiger partial charge in [0, 0.05) is 24.3 Å². The fourth-order valence-electron chi connectivity index (χ4n) is 2.01. The highest BCUT2D eigenvalue weighted by Gasteiger charge is 2.25. The van der Waals surface area contributed by atoms with E-state index in [2.05, 4.69) is 25.5 Å². The number of aryl methyl sites for hydroxylation is 1. The molecule has 0 spiro atoms. The molecule has 0 amide bonds. The van der Waals surface area contributed by atoms with E-state index in [0.29, 0.717) is 6.54 Å². The lowest BCUT2D eigenvalue weighted by Crippen LogP contribution is -2.26. The Morgan fingerprint density at radius 2 is 2.20 bits per heavy atom. The number of nitrogens with two attached hydrogens (primary N) is 1. The molecule has 1 aliphatic rings. The lowest BCUT2D eigenvalue weighted by molar-refractivity contribution is 0.341. The maximum atomic E-state index is 5.85. The van der Waals surface area contributed by atoms with Crippen molar-refractivity contribution in [3.63, 3.8) is 0 Å². The zero-order valence-electron chi connectivity index (χ0n) is 9.71. The van der Waals surface area contributed by atoms with Gasteiger partial charge in [0.25, 0.3) is 0 Å². The van der Waals surface area contributed by atoms with Gasteiger partial charge in [-0.15, -0.1) is 0 Å². The quantitative estimate of drug-likeness (QED) is 0.793. The smallest absolute Gasteiger partial charge is 0.0676 e.